The van der Waals surface area contributed by atoms with Crippen LogP contribution >= 0.6 is 23.2 Å². The topological polar surface area (TPSA) is 76.5 Å². The maximum atomic E-state index is 15.1. The third-order valence-corrected chi connectivity index (χ3v) is 6.52. The minimum atomic E-state index is -1.08. The van der Waals surface area contributed by atoms with E-state index < -0.39 is 23.1 Å². The Morgan fingerprint density at radius 2 is 1.85 bits per heavy atom. The second-order valence-corrected chi connectivity index (χ2v) is 10.3. The van der Waals surface area contributed by atoms with Gasteiger partial charge in [-0.1, -0.05) is 29.3 Å². The van der Waals surface area contributed by atoms with Gasteiger partial charge < -0.3 is 15.0 Å². The highest BCUT2D eigenvalue weighted by Gasteiger charge is 2.50. The molecule has 0 radical (unpaired) electrons. The van der Waals surface area contributed by atoms with Gasteiger partial charge in [0, 0.05) is 23.7 Å². The molecule has 2 aromatic carbocycles. The van der Waals surface area contributed by atoms with Crippen molar-refractivity contribution in [2.24, 2.45) is 7.05 Å². The number of anilines is 1. The molecule has 1 saturated heterocycles. The zero-order valence-corrected chi connectivity index (χ0v) is 21.0. The molecule has 10 heteroatoms. The monoisotopic (exact) mass is 506 g/mol. The van der Waals surface area contributed by atoms with Crippen LogP contribution in [0.15, 0.2) is 35.1 Å². The first kappa shape index (κ1) is 24.3. The molecule has 0 saturated carbocycles. The molecule has 1 aliphatic rings. The molecule has 1 aromatic heterocycles. The molecule has 1 aliphatic heterocycles. The van der Waals surface area contributed by atoms with Crippen LogP contribution < -0.4 is 10.9 Å². The maximum Gasteiger partial charge on any atom is 0.410 e. The van der Waals surface area contributed by atoms with E-state index in [1.54, 1.807) is 46.0 Å². The van der Waals surface area contributed by atoms with Gasteiger partial charge in [0.1, 0.15) is 17.0 Å². The predicted molar refractivity (Wildman–Crippen MR) is 131 cm³/mol. The molecule has 1 fully saturated rings. The molecule has 1 N–H and O–H groups in total. The van der Waals surface area contributed by atoms with Gasteiger partial charge in [-0.25, -0.2) is 13.9 Å². The first-order chi connectivity index (χ1) is 15.8. The lowest BCUT2D eigenvalue weighted by Gasteiger charge is -2.51. The summed E-state index contributed by atoms with van der Waals surface area (Å²) >= 11 is 12.7. The number of fused-ring (bicyclic) bond motifs is 1. The zero-order chi connectivity index (χ0) is 25.0. The van der Waals surface area contributed by atoms with E-state index in [1.807, 2.05) is 6.92 Å². The molecule has 34 heavy (non-hydrogen) atoms. The highest BCUT2D eigenvalue weighted by Crippen LogP contribution is 2.43. The van der Waals surface area contributed by atoms with Crippen molar-refractivity contribution in [1.82, 2.24) is 14.7 Å². The van der Waals surface area contributed by atoms with Crippen molar-refractivity contribution in [1.29, 1.82) is 0 Å². The van der Waals surface area contributed by atoms with Crippen LogP contribution in [0.1, 0.15) is 32.0 Å². The second-order valence-electron chi connectivity index (χ2n) is 9.54. The predicted octanol–water partition coefficient (Wildman–Crippen LogP) is 5.25. The number of amides is 1. The molecule has 3 aromatic rings. The van der Waals surface area contributed by atoms with Crippen molar-refractivity contribution < 1.29 is 13.9 Å². The average molecular weight is 507 g/mol. The van der Waals surface area contributed by atoms with Crippen LogP contribution in [0.5, 0.6) is 0 Å². The number of aromatic nitrogens is 2. The van der Waals surface area contributed by atoms with Gasteiger partial charge in [0.25, 0.3) is 5.56 Å². The fourth-order valence-electron chi connectivity index (χ4n) is 4.22. The summed E-state index contributed by atoms with van der Waals surface area (Å²) in [6.07, 6.45) is -0.516. The number of halogens is 3. The number of hydrogen-bond acceptors (Lipinski definition) is 5. The molecule has 180 valence electrons. The Morgan fingerprint density at radius 1 is 1.18 bits per heavy atom. The van der Waals surface area contributed by atoms with E-state index in [4.69, 9.17) is 27.9 Å². The lowest BCUT2D eigenvalue weighted by Crippen LogP contribution is -2.66. The van der Waals surface area contributed by atoms with E-state index in [2.05, 4.69) is 10.4 Å². The van der Waals surface area contributed by atoms with E-state index in [-0.39, 0.29) is 34.3 Å². The summed E-state index contributed by atoms with van der Waals surface area (Å²) < 4.78 is 21.8. The Kier molecular flexibility index (Phi) is 6.02. The smallest absolute Gasteiger partial charge is 0.410 e. The van der Waals surface area contributed by atoms with Crippen LogP contribution in [-0.2, 0) is 17.3 Å². The van der Waals surface area contributed by atoms with Crippen LogP contribution in [0.25, 0.3) is 10.8 Å². The molecule has 0 spiro atoms. The Balaban J connectivity index is 1.77. The van der Waals surface area contributed by atoms with Gasteiger partial charge in [0.15, 0.2) is 0 Å². The van der Waals surface area contributed by atoms with Crippen molar-refractivity contribution in [3.63, 3.8) is 0 Å². The average Bonchev–Trinajstić information content (AvgIpc) is 2.71. The summed E-state index contributed by atoms with van der Waals surface area (Å²) in [5.41, 5.74) is -0.582. The van der Waals surface area contributed by atoms with Crippen LogP contribution in [0.3, 0.4) is 0 Å². The number of hydrogen-bond donors (Lipinski definition) is 1. The van der Waals surface area contributed by atoms with Gasteiger partial charge in [-0.2, -0.15) is 5.10 Å². The molecule has 4 rings (SSSR count). The van der Waals surface area contributed by atoms with Gasteiger partial charge in [0.2, 0.25) is 0 Å². The van der Waals surface area contributed by atoms with E-state index >= 15 is 4.39 Å². The van der Waals surface area contributed by atoms with Crippen LogP contribution in [0.2, 0.25) is 10.0 Å². The molecular formula is C24H25Cl2FN4O3. The highest BCUT2D eigenvalue weighted by molar-refractivity contribution is 6.42. The van der Waals surface area contributed by atoms with Crippen molar-refractivity contribution in [2.45, 2.75) is 38.8 Å². The summed E-state index contributed by atoms with van der Waals surface area (Å²) in [7, 11) is 1.59. The Labute approximate surface area is 206 Å². The molecular weight excluding hydrogens is 482 g/mol. The van der Waals surface area contributed by atoms with Crippen LogP contribution in [0.4, 0.5) is 14.9 Å². The standard InChI is InChI=1S/C24H25Cl2FN4O3/c1-13-15-7-6-14(10-16(15)21(32)30(5)29-13)28-24(19-18(27)9-8-17(25)20(19)26)11-31(12-24)22(33)34-23(2,3)4/h6-10,28H,11-12H2,1-5H3. The quantitative estimate of drug-likeness (QED) is 0.491. The first-order valence-electron chi connectivity index (χ1n) is 10.7. The summed E-state index contributed by atoms with van der Waals surface area (Å²) in [5.74, 6) is -0.553. The lowest BCUT2D eigenvalue weighted by molar-refractivity contribution is -0.00535. The lowest BCUT2D eigenvalue weighted by atomic mass is 9.81. The number of carbonyl (C=O) groups excluding carboxylic acids is 1. The van der Waals surface area contributed by atoms with E-state index in [9.17, 15) is 9.59 Å². The van der Waals surface area contributed by atoms with Crippen molar-refractivity contribution >= 4 is 45.8 Å². The Bertz CT molecular complexity index is 1360. The van der Waals surface area contributed by atoms with Gasteiger partial charge in [-0.15, -0.1) is 0 Å². The number of aryl methyl sites for hydroxylation is 2. The number of ether oxygens (including phenoxy) is 1. The summed E-state index contributed by atoms with van der Waals surface area (Å²) in [6, 6.07) is 7.89. The number of nitrogens with one attached hydrogen (secondary N) is 1. The van der Waals surface area contributed by atoms with Crippen molar-refractivity contribution in [3.05, 3.63) is 67.8 Å². The fourth-order valence-corrected chi connectivity index (χ4v) is 4.71. The minimum Gasteiger partial charge on any atom is -0.444 e. The minimum absolute atomic E-state index is 0.0646. The maximum absolute atomic E-state index is 15.1. The van der Waals surface area contributed by atoms with Gasteiger partial charge in [-0.05, 0) is 52.0 Å². The molecule has 1 amide bonds. The third kappa shape index (κ3) is 4.32. The van der Waals surface area contributed by atoms with Crippen molar-refractivity contribution in [2.75, 3.05) is 18.4 Å². The largest absolute Gasteiger partial charge is 0.444 e. The fraction of sp³-hybridized carbons (Fsp3) is 0.375. The molecule has 7 nitrogen and oxygen atoms in total. The number of rotatable bonds is 3. The molecule has 0 unspecified atom stereocenters. The molecule has 0 aliphatic carbocycles. The number of carbonyl (C=O) groups is 1. The van der Waals surface area contributed by atoms with Gasteiger partial charge >= 0.3 is 6.09 Å². The normalized spacial score (nSPS) is 15.2. The zero-order valence-electron chi connectivity index (χ0n) is 19.5. The summed E-state index contributed by atoms with van der Waals surface area (Å²) in [6.45, 7) is 7.32. The highest BCUT2D eigenvalue weighted by atomic mass is 35.5. The third-order valence-electron chi connectivity index (χ3n) is 5.71. The summed E-state index contributed by atoms with van der Waals surface area (Å²) in [5, 5.41) is 8.99. The van der Waals surface area contributed by atoms with Crippen molar-refractivity contribution in [3.8, 4) is 0 Å². The van der Waals surface area contributed by atoms with Crippen LogP contribution in [0, 0.1) is 12.7 Å². The second kappa shape index (κ2) is 8.43. The summed E-state index contributed by atoms with van der Waals surface area (Å²) in [4.78, 5) is 26.8. The number of benzene rings is 2. The van der Waals surface area contributed by atoms with E-state index in [0.717, 1.165) is 5.39 Å². The number of nitrogens with zero attached hydrogens (tertiary/aromatic N) is 3. The van der Waals surface area contributed by atoms with E-state index in [1.165, 1.54) is 21.7 Å². The van der Waals surface area contributed by atoms with Crippen LogP contribution in [-0.4, -0.2) is 39.5 Å². The molecule has 0 bridgehead atoms. The molecule has 0 atom stereocenters. The Hall–Kier alpha value is -2.84. The number of likely N-dealkylation sites (tertiary alicyclic amines) is 1. The van der Waals surface area contributed by atoms with E-state index in [0.29, 0.717) is 16.8 Å². The Morgan fingerprint density at radius 3 is 2.50 bits per heavy atom. The molecule has 2 heterocycles. The SMILES string of the molecule is Cc1nn(C)c(=O)c2cc(NC3(c4c(F)ccc(Cl)c4Cl)CN(C(=O)OC(C)(C)C)C3)ccc12. The van der Waals surface area contributed by atoms with Gasteiger partial charge in [0.05, 0.1) is 34.2 Å². The van der Waals surface area contributed by atoms with Gasteiger partial charge in [-0.3, -0.25) is 4.79 Å². The first-order valence-corrected chi connectivity index (χ1v) is 11.4.